The topological polar surface area (TPSA) is 9.23 Å². The standard InChI is InChI=1S/C51H58OP2S2Si/c1-35(2)57(36(3)4,37(5)6)52-47(49-30-38-27-39(31-49)29-40(28-38)32-49)48-53-50(43-23-15-9-16-24-43,33-45(55-53)41-19-11-7-12-20-41)51(44-25-17-10-18-26-44)34-46(56-54(48)51)42-21-13-8-14-22-42/h7-26,33-40H,27-32H2,1-6H3/t38?,39?,40?,49?,50-,51-,53+,54+/m1/s1. The van der Waals surface area contributed by atoms with Crippen molar-refractivity contribution in [1.29, 1.82) is 0 Å². The molecule has 294 valence electrons. The van der Waals surface area contributed by atoms with Crippen molar-refractivity contribution < 1.29 is 4.43 Å². The molecular formula is C51H58OP2S2Si. The minimum atomic E-state index is -2.36. The molecule has 5 fully saturated rings. The van der Waals surface area contributed by atoms with E-state index in [1.54, 1.807) is 10.8 Å². The molecule has 11 rings (SSSR count). The van der Waals surface area contributed by atoms with Gasteiger partial charge in [0, 0.05) is 34.5 Å². The summed E-state index contributed by atoms with van der Waals surface area (Å²) in [6.45, 7) is 15.1. The van der Waals surface area contributed by atoms with E-state index in [9.17, 15) is 0 Å². The number of rotatable bonds is 10. The Kier molecular flexibility index (Phi) is 10.0. The zero-order chi connectivity index (χ0) is 39.2. The number of allylic oxidation sites excluding steroid dienone is 3. The molecule has 4 bridgehead atoms. The summed E-state index contributed by atoms with van der Waals surface area (Å²) in [5.74, 6) is 4.07. The fourth-order valence-corrected chi connectivity index (χ4v) is 35.6. The van der Waals surface area contributed by atoms with E-state index < -0.39 is 22.6 Å². The van der Waals surface area contributed by atoms with E-state index in [4.69, 9.17) is 4.43 Å². The first-order valence-corrected chi connectivity index (χ1v) is 29.4. The molecule has 0 radical (unpaired) electrons. The van der Waals surface area contributed by atoms with Crippen LogP contribution in [0.15, 0.2) is 144 Å². The zero-order valence-electron chi connectivity index (χ0n) is 34.5. The molecule has 1 nitrogen and oxygen atoms in total. The lowest BCUT2D eigenvalue weighted by Crippen LogP contribution is -2.53. The van der Waals surface area contributed by atoms with Gasteiger partial charge in [0.05, 0.1) is 16.1 Å². The van der Waals surface area contributed by atoms with Crippen molar-refractivity contribution >= 4 is 55.1 Å². The highest BCUT2D eigenvalue weighted by atomic mass is 32.7. The van der Waals surface area contributed by atoms with E-state index in [0.29, 0.717) is 16.6 Å². The summed E-state index contributed by atoms with van der Waals surface area (Å²) in [7, 11) is -3.98. The minimum absolute atomic E-state index is 0.132. The van der Waals surface area contributed by atoms with Crippen LogP contribution in [0.5, 0.6) is 0 Å². The van der Waals surface area contributed by atoms with Crippen LogP contribution in [0.25, 0.3) is 9.81 Å². The van der Waals surface area contributed by atoms with Gasteiger partial charge in [-0.2, -0.15) is 0 Å². The molecule has 4 atom stereocenters. The molecule has 7 aliphatic rings. The molecule has 4 aromatic carbocycles. The second-order valence-corrected chi connectivity index (χ2v) is 32.8. The van der Waals surface area contributed by atoms with Gasteiger partial charge in [-0.25, -0.2) is 0 Å². The lowest BCUT2D eigenvalue weighted by Gasteiger charge is -2.59. The van der Waals surface area contributed by atoms with Gasteiger partial charge in [-0.3, -0.25) is 0 Å². The molecular weight excluding hydrogens is 783 g/mol. The highest BCUT2D eigenvalue weighted by Gasteiger charge is 2.73. The molecule has 4 aliphatic carbocycles. The summed E-state index contributed by atoms with van der Waals surface area (Å²) >= 11 is 4.49. The van der Waals surface area contributed by atoms with Gasteiger partial charge in [-0.15, -0.1) is 0 Å². The quantitative estimate of drug-likeness (QED) is 0.0894. The van der Waals surface area contributed by atoms with Gasteiger partial charge in [0.1, 0.15) is 0 Å². The molecule has 57 heavy (non-hydrogen) atoms. The van der Waals surface area contributed by atoms with Crippen LogP contribution in [0, 0.1) is 23.2 Å². The number of fused-ring (bicyclic) bond motifs is 3. The Balaban J connectivity index is 1.35. The SMILES string of the molecule is CC(C)[Si](OC(=C1[P@]2SC(c3ccccc3)=C[C@@]2(c2ccccc2)[C@]2(c3ccccc3)C=C(c3ccccc3)S[P@@]12)C12CC3CC(CC(C3)C1)C2)(C(C)C)C(C)C. The van der Waals surface area contributed by atoms with E-state index in [1.807, 2.05) is 0 Å². The molecule has 4 saturated carbocycles. The maximum absolute atomic E-state index is 8.63. The van der Waals surface area contributed by atoms with E-state index in [0.717, 1.165) is 17.8 Å². The second-order valence-electron chi connectivity index (χ2n) is 19.1. The Morgan fingerprint density at radius 2 is 0.895 bits per heavy atom. The van der Waals surface area contributed by atoms with Gasteiger partial charge in [-0.05, 0) is 95.2 Å². The second kappa shape index (κ2) is 14.7. The monoisotopic (exact) mass is 840 g/mol. The Bertz CT molecular complexity index is 2050. The summed E-state index contributed by atoms with van der Waals surface area (Å²) < 4.78 is 8.63. The van der Waals surface area contributed by atoms with E-state index in [2.05, 4.69) is 198 Å². The molecule has 6 heteroatoms. The highest BCUT2D eigenvalue weighted by molar-refractivity contribution is 8.70. The third-order valence-corrected chi connectivity index (χ3v) is 33.6. The van der Waals surface area contributed by atoms with Crippen LogP contribution in [0.2, 0.25) is 16.6 Å². The molecule has 0 N–H and O–H groups in total. The van der Waals surface area contributed by atoms with Crippen LogP contribution in [0.3, 0.4) is 0 Å². The van der Waals surface area contributed by atoms with Gasteiger partial charge in [-0.1, -0.05) is 198 Å². The molecule has 3 heterocycles. The molecule has 0 spiro atoms. The largest absolute Gasteiger partial charge is 0.545 e. The maximum atomic E-state index is 8.63. The van der Waals surface area contributed by atoms with Gasteiger partial charge in [0.25, 0.3) is 8.32 Å². The third-order valence-electron chi connectivity index (χ3n) is 14.9. The van der Waals surface area contributed by atoms with Crippen LogP contribution in [0.1, 0.15) is 102 Å². The zero-order valence-corrected chi connectivity index (χ0v) is 38.9. The summed E-state index contributed by atoms with van der Waals surface area (Å²) in [5, 5.41) is 1.27. The smallest absolute Gasteiger partial charge is 0.258 e. The Hall–Kier alpha value is -2.32. The normalized spacial score (nSPS) is 32.5. The first-order valence-electron chi connectivity index (χ1n) is 21.7. The molecule has 3 aliphatic heterocycles. The van der Waals surface area contributed by atoms with Crippen LogP contribution in [0.4, 0.5) is 0 Å². The van der Waals surface area contributed by atoms with Crippen LogP contribution in [-0.4, -0.2) is 8.32 Å². The molecule has 0 unspecified atom stereocenters. The molecule has 0 aromatic heterocycles. The van der Waals surface area contributed by atoms with Gasteiger partial charge < -0.3 is 4.43 Å². The van der Waals surface area contributed by atoms with Crippen LogP contribution in [-0.2, 0) is 14.7 Å². The van der Waals surface area contributed by atoms with Crippen molar-refractivity contribution in [1.82, 2.24) is 0 Å². The van der Waals surface area contributed by atoms with Gasteiger partial charge in [0.2, 0.25) is 0 Å². The maximum Gasteiger partial charge on any atom is 0.258 e. The Morgan fingerprint density at radius 3 is 1.25 bits per heavy atom. The van der Waals surface area contributed by atoms with Crippen molar-refractivity contribution in [2.75, 3.05) is 0 Å². The predicted molar refractivity (Wildman–Crippen MR) is 254 cm³/mol. The summed E-state index contributed by atoms with van der Waals surface area (Å²) in [6, 6.07) is 46.4. The average Bonchev–Trinajstić information content (AvgIpc) is 3.87. The van der Waals surface area contributed by atoms with Crippen molar-refractivity contribution in [3.63, 3.8) is 0 Å². The first kappa shape index (κ1) is 38.9. The molecule has 1 saturated heterocycles. The van der Waals surface area contributed by atoms with Crippen LogP contribution >= 0.6 is 37.0 Å². The fourth-order valence-electron chi connectivity index (χ4n) is 13.1. The lowest BCUT2D eigenvalue weighted by molar-refractivity contribution is -0.0493. The Morgan fingerprint density at radius 1 is 0.544 bits per heavy atom. The van der Waals surface area contributed by atoms with Crippen molar-refractivity contribution in [3.8, 4) is 0 Å². The summed E-state index contributed by atoms with van der Waals surface area (Å²) in [6.07, 6.45) is 13.9. The first-order chi connectivity index (χ1) is 27.6. The minimum Gasteiger partial charge on any atom is -0.545 e. The number of benzene rings is 4. The Labute approximate surface area is 354 Å². The van der Waals surface area contributed by atoms with Crippen LogP contribution < -0.4 is 0 Å². The molecule has 0 amide bonds. The van der Waals surface area contributed by atoms with Crippen molar-refractivity contribution in [2.24, 2.45) is 23.2 Å². The van der Waals surface area contributed by atoms with Gasteiger partial charge >= 0.3 is 0 Å². The summed E-state index contributed by atoms with van der Waals surface area (Å²) in [5.41, 5.74) is 7.33. The molecule has 4 aromatic rings. The average molecular weight is 841 g/mol. The predicted octanol–water partition coefficient (Wildman–Crippen LogP) is 16.7. The third kappa shape index (κ3) is 5.84. The number of hydrogen-bond acceptors (Lipinski definition) is 3. The van der Waals surface area contributed by atoms with E-state index in [1.165, 1.54) is 70.6 Å². The van der Waals surface area contributed by atoms with E-state index >= 15 is 0 Å². The van der Waals surface area contributed by atoms with Gasteiger partial charge in [0.15, 0.2) is 0 Å². The highest BCUT2D eigenvalue weighted by Crippen LogP contribution is 3.03. The van der Waals surface area contributed by atoms with Crippen molar-refractivity contribution in [2.45, 2.75) is 107 Å². The number of hydrogen-bond donors (Lipinski definition) is 0. The van der Waals surface area contributed by atoms with E-state index in [-0.39, 0.29) is 15.7 Å². The van der Waals surface area contributed by atoms with Crippen molar-refractivity contribution in [3.05, 3.63) is 167 Å². The lowest BCUT2D eigenvalue weighted by atomic mass is 9.49. The summed E-state index contributed by atoms with van der Waals surface area (Å²) in [4.78, 5) is 2.90. The fraction of sp³-hybridized carbons (Fsp3) is 0.412.